The fraction of sp³-hybridized carbons (Fsp3) is 0.500. The summed E-state index contributed by atoms with van der Waals surface area (Å²) in [7, 11) is 0. The van der Waals surface area contributed by atoms with Gasteiger partial charge in [0, 0.05) is 0 Å². The maximum Gasteiger partial charge on any atom is 0.0897 e. The topological polar surface area (TPSA) is 12.4 Å². The maximum atomic E-state index is 3.47. The molecule has 0 rings (SSSR count). The molecule has 0 spiro atoms. The lowest BCUT2D eigenvalue weighted by atomic mass is 11.4. The van der Waals surface area contributed by atoms with Gasteiger partial charge in [0.2, 0.25) is 0 Å². The standard InChI is InChI=1S/C2H4IN/c1-4-2-3/h1-2H2. The van der Waals surface area contributed by atoms with E-state index in [0.29, 0.717) is 0 Å². The lowest BCUT2D eigenvalue weighted by molar-refractivity contribution is 1.46. The summed E-state index contributed by atoms with van der Waals surface area (Å²) in [5, 5.41) is 0. The first-order chi connectivity index (χ1) is 1.91. The molecule has 0 aliphatic rings. The minimum atomic E-state index is 0.803. The molecule has 2 heteroatoms. The molecule has 0 bridgehead atoms. The van der Waals surface area contributed by atoms with Crippen molar-refractivity contribution in [3.8, 4) is 0 Å². The lowest BCUT2D eigenvalue weighted by Crippen LogP contribution is -1.45. The van der Waals surface area contributed by atoms with Crippen LogP contribution in [-0.2, 0) is 0 Å². The van der Waals surface area contributed by atoms with Gasteiger partial charge in [-0.25, -0.2) is 0 Å². The van der Waals surface area contributed by atoms with Crippen molar-refractivity contribution in [3.63, 3.8) is 0 Å². The van der Waals surface area contributed by atoms with Crippen molar-refractivity contribution in [1.82, 2.24) is 0 Å². The molecule has 0 amide bonds. The zero-order chi connectivity index (χ0) is 3.41. The van der Waals surface area contributed by atoms with Gasteiger partial charge in [0.05, 0.1) is 4.55 Å². The average Bonchev–Trinajstić information content (AvgIpc) is 1.37. The van der Waals surface area contributed by atoms with Crippen molar-refractivity contribution in [1.29, 1.82) is 0 Å². The molecule has 0 aromatic rings. The van der Waals surface area contributed by atoms with Gasteiger partial charge < -0.3 is 0 Å². The van der Waals surface area contributed by atoms with Gasteiger partial charge in [-0.1, -0.05) is 22.6 Å². The van der Waals surface area contributed by atoms with E-state index in [9.17, 15) is 0 Å². The minimum absolute atomic E-state index is 0.803. The summed E-state index contributed by atoms with van der Waals surface area (Å²) in [6.07, 6.45) is 0. The van der Waals surface area contributed by atoms with Crippen molar-refractivity contribution in [3.05, 3.63) is 0 Å². The van der Waals surface area contributed by atoms with Crippen molar-refractivity contribution >= 4 is 29.3 Å². The predicted octanol–water partition coefficient (Wildman–Crippen LogP) is 1.08. The van der Waals surface area contributed by atoms with Gasteiger partial charge in [-0.15, -0.1) is 0 Å². The monoisotopic (exact) mass is 169 g/mol. The normalized spacial score (nSPS) is 6.25. The number of halogens is 1. The molecule has 0 aromatic heterocycles. The first-order valence-corrected chi connectivity index (χ1v) is 2.43. The number of rotatable bonds is 1. The van der Waals surface area contributed by atoms with Crippen LogP contribution in [0.15, 0.2) is 4.99 Å². The number of aliphatic imine (C=N–C) groups is 1. The molecule has 0 unspecified atom stereocenters. The summed E-state index contributed by atoms with van der Waals surface area (Å²) in [6.45, 7) is 3.22. The number of alkyl halides is 1. The van der Waals surface area contributed by atoms with Gasteiger partial charge >= 0.3 is 0 Å². The third-order valence-electron chi connectivity index (χ3n) is 0.0845. The summed E-state index contributed by atoms with van der Waals surface area (Å²) in [4.78, 5) is 3.47. The second-order valence-corrected chi connectivity index (χ2v) is 1.03. The van der Waals surface area contributed by atoms with E-state index >= 15 is 0 Å². The van der Waals surface area contributed by atoms with Gasteiger partial charge in [-0.3, -0.25) is 4.99 Å². The highest BCUT2D eigenvalue weighted by atomic mass is 127. The molecule has 0 N–H and O–H groups in total. The molecule has 0 saturated heterocycles. The molecular weight excluding hydrogens is 165 g/mol. The van der Waals surface area contributed by atoms with Crippen molar-refractivity contribution in [2.45, 2.75) is 0 Å². The molecule has 0 aliphatic heterocycles. The SMILES string of the molecule is C=NCI. The van der Waals surface area contributed by atoms with E-state index in [-0.39, 0.29) is 0 Å². The van der Waals surface area contributed by atoms with Gasteiger partial charge in [0.1, 0.15) is 0 Å². The molecular formula is C2H4IN. The quantitative estimate of drug-likeness (QED) is 0.241. The summed E-state index contributed by atoms with van der Waals surface area (Å²) < 4.78 is 0.803. The predicted molar refractivity (Wildman–Crippen MR) is 28.4 cm³/mol. The van der Waals surface area contributed by atoms with E-state index in [4.69, 9.17) is 0 Å². The van der Waals surface area contributed by atoms with E-state index in [1.165, 1.54) is 0 Å². The molecule has 0 atom stereocenters. The molecule has 0 fully saturated rings. The zero-order valence-corrected chi connectivity index (χ0v) is 4.40. The molecule has 4 heavy (non-hydrogen) atoms. The lowest BCUT2D eigenvalue weighted by Gasteiger charge is -1.59. The third kappa shape index (κ3) is 2.40. The second-order valence-electron chi connectivity index (χ2n) is 0.343. The van der Waals surface area contributed by atoms with Crippen molar-refractivity contribution in [2.24, 2.45) is 4.99 Å². The summed E-state index contributed by atoms with van der Waals surface area (Å²) >= 11 is 2.12. The van der Waals surface area contributed by atoms with Crippen LogP contribution >= 0.6 is 22.6 Å². The van der Waals surface area contributed by atoms with E-state index in [1.54, 1.807) is 0 Å². The molecule has 0 heterocycles. The molecule has 1 nitrogen and oxygen atoms in total. The van der Waals surface area contributed by atoms with Crippen LogP contribution in [0.5, 0.6) is 0 Å². The van der Waals surface area contributed by atoms with Crippen LogP contribution in [0.25, 0.3) is 0 Å². The highest BCUT2D eigenvalue weighted by molar-refractivity contribution is 14.1. The Hall–Kier alpha value is 0.400. The fourth-order valence-electron chi connectivity index (χ4n) is 0. The van der Waals surface area contributed by atoms with Crippen molar-refractivity contribution in [2.75, 3.05) is 4.55 Å². The number of nitrogens with zero attached hydrogens (tertiary/aromatic N) is 1. The van der Waals surface area contributed by atoms with Crippen LogP contribution in [0, 0.1) is 0 Å². The van der Waals surface area contributed by atoms with Crippen LogP contribution in [0.2, 0.25) is 0 Å². The van der Waals surface area contributed by atoms with E-state index in [2.05, 4.69) is 34.3 Å². The third-order valence-corrected chi connectivity index (χ3v) is 0.567. The van der Waals surface area contributed by atoms with E-state index < -0.39 is 0 Å². The van der Waals surface area contributed by atoms with Gasteiger partial charge in [-0.2, -0.15) is 0 Å². The van der Waals surface area contributed by atoms with E-state index in [0.717, 1.165) is 4.55 Å². The molecule has 24 valence electrons. The van der Waals surface area contributed by atoms with Crippen LogP contribution in [-0.4, -0.2) is 11.3 Å². The molecule has 0 aromatic carbocycles. The Morgan fingerprint density at radius 3 is 2.25 bits per heavy atom. The van der Waals surface area contributed by atoms with Crippen LogP contribution in [0.1, 0.15) is 0 Å². The Kier molecular flexibility index (Phi) is 3.74. The Balaban J connectivity index is 2.30. The van der Waals surface area contributed by atoms with Gasteiger partial charge in [-0.05, 0) is 6.72 Å². The fourth-order valence-corrected chi connectivity index (χ4v) is 0. The van der Waals surface area contributed by atoms with Gasteiger partial charge in [0.25, 0.3) is 0 Å². The smallest absolute Gasteiger partial charge is 0.0897 e. The average molecular weight is 169 g/mol. The molecule has 0 saturated carbocycles. The first kappa shape index (κ1) is 4.40. The number of hydrogen-bond donors (Lipinski definition) is 0. The molecule has 0 radical (unpaired) electrons. The maximum absolute atomic E-state index is 3.47. The largest absolute Gasteiger partial charge is 0.290 e. The Bertz CT molecular complexity index is 20.0. The minimum Gasteiger partial charge on any atom is -0.290 e. The highest BCUT2D eigenvalue weighted by Gasteiger charge is 1.46. The van der Waals surface area contributed by atoms with Crippen LogP contribution in [0.4, 0.5) is 0 Å². The molecule has 0 aliphatic carbocycles. The zero-order valence-electron chi connectivity index (χ0n) is 2.24. The van der Waals surface area contributed by atoms with E-state index in [1.807, 2.05) is 0 Å². The Morgan fingerprint density at radius 2 is 2.25 bits per heavy atom. The Morgan fingerprint density at radius 1 is 2.00 bits per heavy atom. The highest BCUT2D eigenvalue weighted by Crippen LogP contribution is 1.74. The Labute approximate surface area is 39.3 Å². The first-order valence-electron chi connectivity index (χ1n) is 0.900. The van der Waals surface area contributed by atoms with Crippen LogP contribution < -0.4 is 0 Å². The van der Waals surface area contributed by atoms with Crippen LogP contribution in [0.3, 0.4) is 0 Å². The van der Waals surface area contributed by atoms with Gasteiger partial charge in [0.15, 0.2) is 0 Å². The second kappa shape index (κ2) is 3.40. The summed E-state index contributed by atoms with van der Waals surface area (Å²) in [5.74, 6) is 0. The number of hydrogen-bond acceptors (Lipinski definition) is 1. The summed E-state index contributed by atoms with van der Waals surface area (Å²) in [6, 6.07) is 0. The summed E-state index contributed by atoms with van der Waals surface area (Å²) in [5.41, 5.74) is 0. The van der Waals surface area contributed by atoms with Crippen molar-refractivity contribution < 1.29 is 0 Å².